The van der Waals surface area contributed by atoms with Crippen LogP contribution in [0.2, 0.25) is 0 Å². The van der Waals surface area contributed by atoms with Crippen LogP contribution < -0.4 is 5.32 Å². The van der Waals surface area contributed by atoms with Crippen molar-refractivity contribution in [1.82, 2.24) is 5.32 Å². The third-order valence-electron chi connectivity index (χ3n) is 4.67. The number of rotatable bonds is 6. The number of nitro groups is 1. The van der Waals surface area contributed by atoms with Gasteiger partial charge in [0.25, 0.3) is 5.69 Å². The second kappa shape index (κ2) is 7.00. The largest absolute Gasteiger partial charge is 0.396 e. The van der Waals surface area contributed by atoms with Gasteiger partial charge in [-0.3, -0.25) is 10.1 Å². The van der Waals surface area contributed by atoms with Crippen LogP contribution in [0.25, 0.3) is 0 Å². The zero-order valence-corrected chi connectivity index (χ0v) is 12.7. The summed E-state index contributed by atoms with van der Waals surface area (Å²) in [5.74, 6) is 0.912. The Hall–Kier alpha value is -1.46. The van der Waals surface area contributed by atoms with Crippen LogP contribution in [-0.4, -0.2) is 23.2 Å². The Balaban J connectivity index is 1.98. The van der Waals surface area contributed by atoms with E-state index in [1.54, 1.807) is 19.1 Å². The lowest BCUT2D eigenvalue weighted by atomic mass is 9.96. The summed E-state index contributed by atoms with van der Waals surface area (Å²) < 4.78 is 0. The highest BCUT2D eigenvalue weighted by Gasteiger charge is 2.26. The summed E-state index contributed by atoms with van der Waals surface area (Å²) in [5.41, 5.74) is 1.80. The summed E-state index contributed by atoms with van der Waals surface area (Å²) >= 11 is 0. The van der Waals surface area contributed by atoms with Crippen LogP contribution in [0.3, 0.4) is 0 Å². The van der Waals surface area contributed by atoms with E-state index in [9.17, 15) is 15.2 Å². The van der Waals surface area contributed by atoms with Crippen LogP contribution in [0.1, 0.15) is 43.4 Å². The molecule has 0 saturated heterocycles. The third-order valence-corrected chi connectivity index (χ3v) is 4.67. The molecular formula is C16H24N2O3. The van der Waals surface area contributed by atoms with Gasteiger partial charge in [-0.15, -0.1) is 0 Å². The second-order valence-corrected chi connectivity index (χ2v) is 6.07. The normalized spacial score (nSPS) is 23.2. The molecule has 1 aliphatic carbocycles. The lowest BCUT2D eigenvalue weighted by Gasteiger charge is -2.21. The predicted octanol–water partition coefficient (Wildman–Crippen LogP) is 2.96. The minimum absolute atomic E-state index is 0.0734. The molecule has 0 amide bonds. The van der Waals surface area contributed by atoms with E-state index < -0.39 is 0 Å². The highest BCUT2D eigenvalue weighted by atomic mass is 16.6. The molecule has 1 aliphatic rings. The number of aryl methyl sites for hydroxylation is 1. The van der Waals surface area contributed by atoms with E-state index in [4.69, 9.17) is 0 Å². The van der Waals surface area contributed by atoms with Gasteiger partial charge in [0.15, 0.2) is 0 Å². The summed E-state index contributed by atoms with van der Waals surface area (Å²) in [6.07, 6.45) is 3.44. The molecule has 5 heteroatoms. The van der Waals surface area contributed by atoms with Crippen LogP contribution in [0.4, 0.5) is 5.69 Å². The third kappa shape index (κ3) is 3.80. The topological polar surface area (TPSA) is 75.4 Å². The van der Waals surface area contributed by atoms with E-state index in [-0.39, 0.29) is 23.3 Å². The Kier molecular flexibility index (Phi) is 5.31. The smallest absolute Gasteiger partial charge is 0.272 e. The molecule has 0 bridgehead atoms. The highest BCUT2D eigenvalue weighted by Crippen LogP contribution is 2.31. The molecule has 0 aromatic heterocycles. The molecular weight excluding hydrogens is 268 g/mol. The van der Waals surface area contributed by atoms with Crippen molar-refractivity contribution in [2.24, 2.45) is 11.8 Å². The molecule has 3 unspecified atom stereocenters. The van der Waals surface area contributed by atoms with Gasteiger partial charge in [0.1, 0.15) is 0 Å². The summed E-state index contributed by atoms with van der Waals surface area (Å²) in [6, 6.07) is 5.48. The SMILES string of the molecule is Cc1ccc(C(C)NCC2CCCC2CO)cc1[N+](=O)[O-]. The average molecular weight is 292 g/mol. The van der Waals surface area contributed by atoms with Gasteiger partial charge in [0, 0.05) is 24.3 Å². The van der Waals surface area contributed by atoms with Gasteiger partial charge in [-0.2, -0.15) is 0 Å². The van der Waals surface area contributed by atoms with E-state index in [0.29, 0.717) is 17.4 Å². The first kappa shape index (κ1) is 15.9. The first-order chi connectivity index (χ1) is 10.0. The number of aliphatic hydroxyl groups excluding tert-OH is 1. The minimum atomic E-state index is -0.329. The average Bonchev–Trinajstić information content (AvgIpc) is 2.92. The van der Waals surface area contributed by atoms with Crippen molar-refractivity contribution in [2.45, 2.75) is 39.2 Å². The van der Waals surface area contributed by atoms with E-state index >= 15 is 0 Å². The van der Waals surface area contributed by atoms with Gasteiger partial charge in [-0.1, -0.05) is 18.6 Å². The Labute approximate surface area is 125 Å². The fourth-order valence-electron chi connectivity index (χ4n) is 3.16. The van der Waals surface area contributed by atoms with Crippen LogP contribution in [0.5, 0.6) is 0 Å². The van der Waals surface area contributed by atoms with E-state index in [1.165, 1.54) is 6.42 Å². The monoisotopic (exact) mass is 292 g/mol. The van der Waals surface area contributed by atoms with Gasteiger partial charge in [-0.25, -0.2) is 0 Å². The predicted molar refractivity (Wildman–Crippen MR) is 82.2 cm³/mol. The summed E-state index contributed by atoms with van der Waals surface area (Å²) in [4.78, 5) is 10.7. The van der Waals surface area contributed by atoms with E-state index in [0.717, 1.165) is 24.9 Å². The van der Waals surface area contributed by atoms with Crippen molar-refractivity contribution < 1.29 is 10.0 Å². The van der Waals surface area contributed by atoms with Crippen LogP contribution in [0, 0.1) is 28.9 Å². The van der Waals surface area contributed by atoms with Crippen molar-refractivity contribution in [3.8, 4) is 0 Å². The maximum atomic E-state index is 11.0. The maximum absolute atomic E-state index is 11.0. The Bertz CT molecular complexity index is 504. The quantitative estimate of drug-likeness (QED) is 0.624. The molecule has 1 fully saturated rings. The summed E-state index contributed by atoms with van der Waals surface area (Å²) in [5, 5.41) is 23.8. The lowest BCUT2D eigenvalue weighted by Crippen LogP contribution is -2.28. The molecule has 2 rings (SSSR count). The molecule has 1 saturated carbocycles. The van der Waals surface area contributed by atoms with Gasteiger partial charge in [0.2, 0.25) is 0 Å². The fraction of sp³-hybridized carbons (Fsp3) is 0.625. The molecule has 0 heterocycles. The number of hydrogen-bond donors (Lipinski definition) is 2. The van der Waals surface area contributed by atoms with Crippen LogP contribution >= 0.6 is 0 Å². The number of aliphatic hydroxyl groups is 1. The summed E-state index contributed by atoms with van der Waals surface area (Å²) in [6.45, 7) is 4.90. The Morgan fingerprint density at radius 3 is 2.81 bits per heavy atom. The lowest BCUT2D eigenvalue weighted by molar-refractivity contribution is -0.385. The zero-order chi connectivity index (χ0) is 15.4. The molecule has 21 heavy (non-hydrogen) atoms. The van der Waals surface area contributed by atoms with Crippen molar-refractivity contribution in [1.29, 1.82) is 0 Å². The van der Waals surface area contributed by atoms with Crippen molar-refractivity contribution >= 4 is 5.69 Å². The maximum Gasteiger partial charge on any atom is 0.272 e. The second-order valence-electron chi connectivity index (χ2n) is 6.07. The van der Waals surface area contributed by atoms with Crippen LogP contribution in [0.15, 0.2) is 18.2 Å². The molecule has 1 aromatic carbocycles. The van der Waals surface area contributed by atoms with Crippen LogP contribution in [-0.2, 0) is 0 Å². The number of nitrogens with one attached hydrogen (secondary N) is 1. The summed E-state index contributed by atoms with van der Waals surface area (Å²) in [7, 11) is 0. The number of nitrogens with zero attached hydrogens (tertiary/aromatic N) is 1. The van der Waals surface area contributed by atoms with Gasteiger partial charge in [0.05, 0.1) is 4.92 Å². The molecule has 3 atom stereocenters. The molecule has 5 nitrogen and oxygen atoms in total. The van der Waals surface area contributed by atoms with Gasteiger partial charge < -0.3 is 10.4 Å². The number of hydrogen-bond acceptors (Lipinski definition) is 4. The fourth-order valence-corrected chi connectivity index (χ4v) is 3.16. The number of nitro benzene ring substituents is 1. The Morgan fingerprint density at radius 2 is 2.14 bits per heavy atom. The first-order valence-corrected chi connectivity index (χ1v) is 7.62. The highest BCUT2D eigenvalue weighted by molar-refractivity contribution is 5.43. The van der Waals surface area contributed by atoms with E-state index in [2.05, 4.69) is 5.32 Å². The van der Waals surface area contributed by atoms with Crippen molar-refractivity contribution in [3.05, 3.63) is 39.4 Å². The number of benzene rings is 1. The standard InChI is InChI=1S/C16H24N2O3/c1-11-6-7-13(8-16(11)18(20)21)12(2)17-9-14-4-3-5-15(14)10-19/h6-8,12,14-15,17,19H,3-5,9-10H2,1-2H3. The van der Waals surface area contributed by atoms with Crippen molar-refractivity contribution in [3.63, 3.8) is 0 Å². The van der Waals surface area contributed by atoms with E-state index in [1.807, 2.05) is 13.0 Å². The molecule has 0 spiro atoms. The molecule has 0 aliphatic heterocycles. The molecule has 2 N–H and O–H groups in total. The van der Waals surface area contributed by atoms with Gasteiger partial charge >= 0.3 is 0 Å². The first-order valence-electron chi connectivity index (χ1n) is 7.62. The van der Waals surface area contributed by atoms with Crippen molar-refractivity contribution in [2.75, 3.05) is 13.2 Å². The molecule has 1 aromatic rings. The minimum Gasteiger partial charge on any atom is -0.396 e. The molecule has 0 radical (unpaired) electrons. The Morgan fingerprint density at radius 1 is 1.43 bits per heavy atom. The molecule has 116 valence electrons. The zero-order valence-electron chi connectivity index (χ0n) is 12.7. The van der Waals surface area contributed by atoms with Gasteiger partial charge in [-0.05, 0) is 50.6 Å².